The molecule has 0 aromatic heterocycles. The molecule has 1 rings (SSSR count). The zero-order chi connectivity index (χ0) is 20.9. The molecule has 0 saturated carbocycles. The van der Waals surface area contributed by atoms with Gasteiger partial charge in [-0.1, -0.05) is 53.2 Å². The van der Waals surface area contributed by atoms with Crippen LogP contribution in [0.4, 0.5) is 0 Å². The van der Waals surface area contributed by atoms with Gasteiger partial charge in [0.05, 0.1) is 0 Å². The Kier molecular flexibility index (Phi) is 12.1. The predicted molar refractivity (Wildman–Crippen MR) is 114 cm³/mol. The van der Waals surface area contributed by atoms with E-state index in [-0.39, 0.29) is 13.2 Å². The van der Waals surface area contributed by atoms with Crippen molar-refractivity contribution in [2.75, 3.05) is 26.3 Å². The molecule has 162 valence electrons. The second kappa shape index (κ2) is 13.8. The fourth-order valence-corrected chi connectivity index (χ4v) is 2.63. The average Bonchev–Trinajstić information content (AvgIpc) is 2.66. The number of aliphatic hydroxyl groups excluding tert-OH is 2. The molecule has 0 aliphatic heterocycles. The van der Waals surface area contributed by atoms with E-state index in [1.807, 2.05) is 45.9 Å². The van der Waals surface area contributed by atoms with E-state index in [0.29, 0.717) is 36.7 Å². The molecule has 0 heterocycles. The Labute approximate surface area is 170 Å². The summed E-state index contributed by atoms with van der Waals surface area (Å²) in [6.07, 6.45) is 1.83. The number of para-hydroxylation sites is 1. The molecule has 4 N–H and O–H groups in total. The molecule has 0 spiro atoms. The van der Waals surface area contributed by atoms with E-state index in [4.69, 9.17) is 9.47 Å². The predicted octanol–water partition coefficient (Wildman–Crippen LogP) is 2.50. The van der Waals surface area contributed by atoms with Crippen LogP contribution in [0.3, 0.4) is 0 Å². The lowest BCUT2D eigenvalue weighted by Crippen LogP contribution is -2.35. The fraction of sp³-hybridized carbons (Fsp3) is 0.727. The number of aliphatic hydroxyl groups is 2. The molecule has 0 bridgehead atoms. The molecule has 0 aliphatic rings. The lowest BCUT2D eigenvalue weighted by molar-refractivity contribution is 0.0904. The largest absolute Gasteiger partial charge is 0.487 e. The van der Waals surface area contributed by atoms with Crippen LogP contribution in [0.2, 0.25) is 0 Å². The van der Waals surface area contributed by atoms with Crippen LogP contribution < -0.4 is 20.1 Å². The molecular formula is C22H40N2O4. The minimum Gasteiger partial charge on any atom is -0.487 e. The van der Waals surface area contributed by atoms with Crippen LogP contribution in [-0.2, 0) is 6.42 Å². The van der Waals surface area contributed by atoms with Gasteiger partial charge in [0.15, 0.2) is 11.5 Å². The summed E-state index contributed by atoms with van der Waals surface area (Å²) < 4.78 is 11.8. The summed E-state index contributed by atoms with van der Waals surface area (Å²) >= 11 is 0. The van der Waals surface area contributed by atoms with Crippen molar-refractivity contribution >= 4 is 0 Å². The SMILES string of the molecule is CCCCc1cccc(OCC(O)CNC(C)C)c1OCC(O)CNC(C)C. The first kappa shape index (κ1) is 24.7. The van der Waals surface area contributed by atoms with E-state index in [2.05, 4.69) is 17.6 Å². The molecule has 0 fully saturated rings. The Morgan fingerprint density at radius 3 is 2.00 bits per heavy atom. The lowest BCUT2D eigenvalue weighted by atomic mass is 10.1. The van der Waals surface area contributed by atoms with Crippen molar-refractivity contribution in [1.82, 2.24) is 10.6 Å². The van der Waals surface area contributed by atoms with E-state index in [1.165, 1.54) is 0 Å². The monoisotopic (exact) mass is 396 g/mol. The first-order chi connectivity index (χ1) is 13.3. The number of aryl methyl sites for hydroxylation is 1. The van der Waals surface area contributed by atoms with Crippen molar-refractivity contribution < 1.29 is 19.7 Å². The highest BCUT2D eigenvalue weighted by Crippen LogP contribution is 2.32. The van der Waals surface area contributed by atoms with Crippen molar-refractivity contribution in [3.63, 3.8) is 0 Å². The summed E-state index contributed by atoms with van der Waals surface area (Å²) in [5, 5.41) is 26.7. The summed E-state index contributed by atoms with van der Waals surface area (Å²) in [4.78, 5) is 0. The van der Waals surface area contributed by atoms with Crippen LogP contribution in [0.15, 0.2) is 18.2 Å². The Bertz CT molecular complexity index is 537. The average molecular weight is 397 g/mol. The molecule has 28 heavy (non-hydrogen) atoms. The topological polar surface area (TPSA) is 83.0 Å². The van der Waals surface area contributed by atoms with Crippen molar-refractivity contribution in [1.29, 1.82) is 0 Å². The molecule has 0 saturated heterocycles. The van der Waals surface area contributed by atoms with Crippen LogP contribution in [0, 0.1) is 0 Å². The zero-order valence-electron chi connectivity index (χ0n) is 18.2. The minimum absolute atomic E-state index is 0.185. The first-order valence-corrected chi connectivity index (χ1v) is 10.5. The number of hydrogen-bond donors (Lipinski definition) is 4. The third-order valence-electron chi connectivity index (χ3n) is 4.23. The molecule has 6 nitrogen and oxygen atoms in total. The summed E-state index contributed by atoms with van der Waals surface area (Å²) in [7, 11) is 0. The van der Waals surface area contributed by atoms with Gasteiger partial charge >= 0.3 is 0 Å². The van der Waals surface area contributed by atoms with E-state index >= 15 is 0 Å². The molecule has 0 aliphatic carbocycles. The highest BCUT2D eigenvalue weighted by molar-refractivity contribution is 5.46. The number of hydrogen-bond acceptors (Lipinski definition) is 6. The summed E-state index contributed by atoms with van der Waals surface area (Å²) in [6, 6.07) is 6.46. The zero-order valence-corrected chi connectivity index (χ0v) is 18.2. The van der Waals surface area contributed by atoms with E-state index in [9.17, 15) is 10.2 Å². The van der Waals surface area contributed by atoms with Gasteiger partial charge < -0.3 is 30.3 Å². The van der Waals surface area contributed by atoms with Gasteiger partial charge in [0, 0.05) is 25.2 Å². The molecule has 0 amide bonds. The van der Waals surface area contributed by atoms with E-state index in [1.54, 1.807) is 0 Å². The van der Waals surface area contributed by atoms with Crippen LogP contribution in [0.5, 0.6) is 11.5 Å². The maximum atomic E-state index is 10.2. The number of rotatable bonds is 15. The minimum atomic E-state index is -0.602. The van der Waals surface area contributed by atoms with Gasteiger partial charge in [-0.15, -0.1) is 0 Å². The normalized spacial score (nSPS) is 13.8. The standard InChI is InChI=1S/C22H40N2O4/c1-6-7-9-18-10-8-11-21(27-14-19(25)12-23-16(2)3)22(18)28-15-20(26)13-24-17(4)5/h8,10-11,16-17,19-20,23-26H,6-7,9,12-15H2,1-5H3. The van der Waals surface area contributed by atoms with Crippen LogP contribution >= 0.6 is 0 Å². The highest BCUT2D eigenvalue weighted by Gasteiger charge is 2.15. The Hall–Kier alpha value is -1.34. The summed E-state index contributed by atoms with van der Waals surface area (Å²) in [5.41, 5.74) is 1.07. The van der Waals surface area contributed by atoms with E-state index < -0.39 is 12.2 Å². The molecule has 2 atom stereocenters. The van der Waals surface area contributed by atoms with Crippen molar-refractivity contribution in [3.8, 4) is 11.5 Å². The van der Waals surface area contributed by atoms with Gasteiger partial charge in [-0.2, -0.15) is 0 Å². The molecule has 6 heteroatoms. The van der Waals surface area contributed by atoms with Gasteiger partial charge in [-0.3, -0.25) is 0 Å². The second-order valence-corrected chi connectivity index (χ2v) is 7.90. The maximum Gasteiger partial charge on any atom is 0.164 e. The second-order valence-electron chi connectivity index (χ2n) is 7.90. The summed E-state index contributed by atoms with van der Waals surface area (Å²) in [5.74, 6) is 1.28. The summed E-state index contributed by atoms with van der Waals surface area (Å²) in [6.45, 7) is 11.6. The van der Waals surface area contributed by atoms with Gasteiger partial charge in [0.2, 0.25) is 0 Å². The molecular weight excluding hydrogens is 356 g/mol. The van der Waals surface area contributed by atoms with Gasteiger partial charge in [0.25, 0.3) is 0 Å². The van der Waals surface area contributed by atoms with Crippen molar-refractivity contribution in [2.24, 2.45) is 0 Å². The fourth-order valence-electron chi connectivity index (χ4n) is 2.63. The highest BCUT2D eigenvalue weighted by atomic mass is 16.5. The van der Waals surface area contributed by atoms with Gasteiger partial charge in [-0.05, 0) is 24.5 Å². The van der Waals surface area contributed by atoms with Crippen LogP contribution in [-0.4, -0.2) is 60.8 Å². The molecule has 2 unspecified atom stereocenters. The first-order valence-electron chi connectivity index (χ1n) is 10.5. The van der Waals surface area contributed by atoms with Crippen LogP contribution in [0.1, 0.15) is 53.0 Å². The van der Waals surface area contributed by atoms with Crippen LogP contribution in [0.25, 0.3) is 0 Å². The molecule has 1 aromatic carbocycles. The number of ether oxygens (including phenoxy) is 2. The Balaban J connectivity index is 2.75. The Morgan fingerprint density at radius 1 is 0.893 bits per heavy atom. The van der Waals surface area contributed by atoms with Gasteiger partial charge in [0.1, 0.15) is 25.4 Å². The molecule has 1 aromatic rings. The van der Waals surface area contributed by atoms with E-state index in [0.717, 1.165) is 24.8 Å². The van der Waals surface area contributed by atoms with Gasteiger partial charge in [-0.25, -0.2) is 0 Å². The number of nitrogens with one attached hydrogen (secondary N) is 2. The third-order valence-corrected chi connectivity index (χ3v) is 4.23. The third kappa shape index (κ3) is 10.3. The molecule has 0 radical (unpaired) electrons. The maximum absolute atomic E-state index is 10.2. The smallest absolute Gasteiger partial charge is 0.164 e. The Morgan fingerprint density at radius 2 is 1.46 bits per heavy atom. The van der Waals surface area contributed by atoms with Crippen molar-refractivity contribution in [2.45, 2.75) is 78.2 Å². The number of benzene rings is 1. The lowest BCUT2D eigenvalue weighted by Gasteiger charge is -2.20. The van der Waals surface area contributed by atoms with Crippen molar-refractivity contribution in [3.05, 3.63) is 23.8 Å². The number of unbranched alkanes of at least 4 members (excludes halogenated alkanes) is 1. The quantitative estimate of drug-likeness (QED) is 0.365.